The molecule has 0 saturated heterocycles. The SMILES string of the molecule is CCN(C(=O)C1CC1(C)C)c1cccc(N)c1. The monoisotopic (exact) mass is 232 g/mol. The van der Waals surface area contributed by atoms with E-state index in [1.165, 1.54) is 0 Å². The van der Waals surface area contributed by atoms with Crippen LogP contribution in [-0.2, 0) is 4.79 Å². The Labute approximate surface area is 103 Å². The maximum atomic E-state index is 12.3. The first-order valence-electron chi connectivity index (χ1n) is 6.12. The second-order valence-electron chi connectivity index (χ2n) is 5.42. The Hall–Kier alpha value is -1.51. The number of nitrogens with zero attached hydrogens (tertiary/aromatic N) is 1. The molecule has 2 N–H and O–H groups in total. The summed E-state index contributed by atoms with van der Waals surface area (Å²) in [6, 6.07) is 7.52. The zero-order chi connectivity index (χ0) is 12.6. The zero-order valence-electron chi connectivity index (χ0n) is 10.7. The van der Waals surface area contributed by atoms with Crippen molar-refractivity contribution in [3.8, 4) is 0 Å². The van der Waals surface area contributed by atoms with Crippen LogP contribution in [0.5, 0.6) is 0 Å². The van der Waals surface area contributed by atoms with Crippen molar-refractivity contribution < 1.29 is 4.79 Å². The van der Waals surface area contributed by atoms with Crippen LogP contribution in [-0.4, -0.2) is 12.5 Å². The fraction of sp³-hybridized carbons (Fsp3) is 0.500. The van der Waals surface area contributed by atoms with Crippen molar-refractivity contribution in [3.63, 3.8) is 0 Å². The average Bonchev–Trinajstić information content (AvgIpc) is 2.89. The van der Waals surface area contributed by atoms with E-state index in [9.17, 15) is 4.79 Å². The van der Waals surface area contributed by atoms with E-state index < -0.39 is 0 Å². The number of carbonyl (C=O) groups is 1. The van der Waals surface area contributed by atoms with Gasteiger partial charge in [-0.2, -0.15) is 0 Å². The lowest BCUT2D eigenvalue weighted by molar-refractivity contribution is -0.120. The van der Waals surface area contributed by atoms with E-state index in [1.54, 1.807) is 0 Å². The van der Waals surface area contributed by atoms with Crippen LogP contribution in [0.4, 0.5) is 11.4 Å². The molecule has 1 unspecified atom stereocenters. The Kier molecular flexibility index (Phi) is 2.86. The molecule has 1 atom stereocenters. The van der Waals surface area contributed by atoms with Crippen molar-refractivity contribution in [2.75, 3.05) is 17.2 Å². The molecule has 17 heavy (non-hydrogen) atoms. The third kappa shape index (κ3) is 2.28. The van der Waals surface area contributed by atoms with E-state index in [4.69, 9.17) is 5.73 Å². The van der Waals surface area contributed by atoms with Gasteiger partial charge in [0.15, 0.2) is 0 Å². The molecule has 2 rings (SSSR count). The summed E-state index contributed by atoms with van der Waals surface area (Å²) < 4.78 is 0. The van der Waals surface area contributed by atoms with Crippen LogP contribution < -0.4 is 10.6 Å². The molecular weight excluding hydrogens is 212 g/mol. The van der Waals surface area contributed by atoms with E-state index in [-0.39, 0.29) is 17.2 Å². The number of hydrogen-bond donors (Lipinski definition) is 1. The second kappa shape index (κ2) is 4.06. The Morgan fingerprint density at radius 3 is 2.65 bits per heavy atom. The summed E-state index contributed by atoms with van der Waals surface area (Å²) in [6.45, 7) is 6.97. The molecule has 0 bridgehead atoms. The van der Waals surface area contributed by atoms with Gasteiger partial charge in [0.1, 0.15) is 0 Å². The summed E-state index contributed by atoms with van der Waals surface area (Å²) in [7, 11) is 0. The quantitative estimate of drug-likeness (QED) is 0.814. The fourth-order valence-corrected chi connectivity index (χ4v) is 2.24. The molecule has 1 aromatic carbocycles. The number of rotatable bonds is 3. The van der Waals surface area contributed by atoms with E-state index in [2.05, 4.69) is 13.8 Å². The van der Waals surface area contributed by atoms with Crippen LogP contribution >= 0.6 is 0 Å². The van der Waals surface area contributed by atoms with Gasteiger partial charge in [-0.1, -0.05) is 19.9 Å². The summed E-state index contributed by atoms with van der Waals surface area (Å²) in [5, 5.41) is 0. The van der Waals surface area contributed by atoms with Gasteiger partial charge in [0.25, 0.3) is 0 Å². The van der Waals surface area contributed by atoms with Gasteiger partial charge >= 0.3 is 0 Å². The van der Waals surface area contributed by atoms with E-state index >= 15 is 0 Å². The van der Waals surface area contributed by atoms with Crippen LogP contribution in [0.15, 0.2) is 24.3 Å². The number of anilines is 2. The molecule has 3 heteroatoms. The molecule has 0 heterocycles. The molecule has 1 amide bonds. The summed E-state index contributed by atoms with van der Waals surface area (Å²) in [6.07, 6.45) is 0.991. The maximum Gasteiger partial charge on any atom is 0.230 e. The first kappa shape index (κ1) is 12.0. The van der Waals surface area contributed by atoms with Crippen LogP contribution in [0.3, 0.4) is 0 Å². The molecule has 1 fully saturated rings. The predicted octanol–water partition coefficient (Wildman–Crippen LogP) is 2.67. The highest BCUT2D eigenvalue weighted by molar-refractivity contribution is 5.97. The molecule has 1 saturated carbocycles. The average molecular weight is 232 g/mol. The number of carbonyl (C=O) groups excluding carboxylic acids is 1. The lowest BCUT2D eigenvalue weighted by Crippen LogP contribution is -2.33. The molecular formula is C14H20N2O. The Morgan fingerprint density at radius 2 is 2.18 bits per heavy atom. The smallest absolute Gasteiger partial charge is 0.230 e. The minimum atomic E-state index is 0.170. The predicted molar refractivity (Wildman–Crippen MR) is 70.8 cm³/mol. The van der Waals surface area contributed by atoms with Crippen molar-refractivity contribution in [3.05, 3.63) is 24.3 Å². The Balaban J connectivity index is 2.20. The summed E-state index contributed by atoms with van der Waals surface area (Å²) >= 11 is 0. The highest BCUT2D eigenvalue weighted by Crippen LogP contribution is 2.52. The number of hydrogen-bond acceptors (Lipinski definition) is 2. The van der Waals surface area contributed by atoms with E-state index in [0.29, 0.717) is 12.2 Å². The van der Waals surface area contributed by atoms with Gasteiger partial charge in [-0.3, -0.25) is 4.79 Å². The standard InChI is InChI=1S/C14H20N2O/c1-4-16(11-7-5-6-10(15)8-11)13(17)12-9-14(12,2)3/h5-8,12H,4,9,15H2,1-3H3. The van der Waals surface area contributed by atoms with Gasteiger partial charge in [0.05, 0.1) is 0 Å². The highest BCUT2D eigenvalue weighted by atomic mass is 16.2. The molecule has 1 aliphatic carbocycles. The molecule has 1 aliphatic rings. The van der Waals surface area contributed by atoms with E-state index in [0.717, 1.165) is 12.1 Å². The van der Waals surface area contributed by atoms with E-state index in [1.807, 2.05) is 36.1 Å². The molecule has 92 valence electrons. The molecule has 0 aromatic heterocycles. The fourth-order valence-electron chi connectivity index (χ4n) is 2.24. The molecule has 0 radical (unpaired) electrons. The molecule has 3 nitrogen and oxygen atoms in total. The third-order valence-electron chi connectivity index (χ3n) is 3.58. The van der Waals surface area contributed by atoms with Crippen molar-refractivity contribution in [1.82, 2.24) is 0 Å². The minimum Gasteiger partial charge on any atom is -0.399 e. The van der Waals surface area contributed by atoms with Gasteiger partial charge in [-0.05, 0) is 37.0 Å². The summed E-state index contributed by atoms with van der Waals surface area (Å²) in [5.41, 5.74) is 7.53. The van der Waals surface area contributed by atoms with Gasteiger partial charge in [-0.15, -0.1) is 0 Å². The van der Waals surface area contributed by atoms with Crippen LogP contribution in [0, 0.1) is 11.3 Å². The zero-order valence-corrected chi connectivity index (χ0v) is 10.7. The number of nitrogen functional groups attached to an aromatic ring is 1. The topological polar surface area (TPSA) is 46.3 Å². The Bertz CT molecular complexity index is 440. The molecule has 0 spiro atoms. The highest BCUT2D eigenvalue weighted by Gasteiger charge is 2.51. The van der Waals surface area contributed by atoms with Gasteiger partial charge in [0, 0.05) is 23.8 Å². The van der Waals surface area contributed by atoms with Gasteiger partial charge < -0.3 is 10.6 Å². The summed E-state index contributed by atoms with van der Waals surface area (Å²) in [4.78, 5) is 14.2. The number of amides is 1. The second-order valence-corrected chi connectivity index (χ2v) is 5.42. The van der Waals surface area contributed by atoms with Gasteiger partial charge in [-0.25, -0.2) is 0 Å². The lowest BCUT2D eigenvalue weighted by atomic mass is 10.1. The molecule has 1 aromatic rings. The summed E-state index contributed by atoms with van der Waals surface area (Å²) in [5.74, 6) is 0.395. The van der Waals surface area contributed by atoms with Gasteiger partial charge in [0.2, 0.25) is 5.91 Å². The Morgan fingerprint density at radius 1 is 1.53 bits per heavy atom. The minimum absolute atomic E-state index is 0.170. The van der Waals surface area contributed by atoms with Crippen LogP contribution in [0.2, 0.25) is 0 Å². The molecule has 0 aliphatic heterocycles. The normalized spacial score (nSPS) is 21.0. The first-order valence-corrected chi connectivity index (χ1v) is 6.12. The first-order chi connectivity index (χ1) is 7.95. The maximum absolute atomic E-state index is 12.3. The number of nitrogens with two attached hydrogens (primary N) is 1. The van der Waals surface area contributed by atoms with Crippen molar-refractivity contribution in [1.29, 1.82) is 0 Å². The number of benzene rings is 1. The van der Waals surface area contributed by atoms with Crippen LogP contribution in [0.1, 0.15) is 27.2 Å². The third-order valence-corrected chi connectivity index (χ3v) is 3.58. The van der Waals surface area contributed by atoms with Crippen molar-refractivity contribution in [2.45, 2.75) is 27.2 Å². The lowest BCUT2D eigenvalue weighted by Gasteiger charge is -2.22. The van der Waals surface area contributed by atoms with Crippen molar-refractivity contribution >= 4 is 17.3 Å². The van der Waals surface area contributed by atoms with Crippen LogP contribution in [0.25, 0.3) is 0 Å². The van der Waals surface area contributed by atoms with Crippen molar-refractivity contribution in [2.24, 2.45) is 11.3 Å². The largest absolute Gasteiger partial charge is 0.399 e.